The van der Waals surface area contributed by atoms with Crippen molar-refractivity contribution in [2.75, 3.05) is 5.73 Å². The van der Waals surface area contributed by atoms with Gasteiger partial charge in [-0.25, -0.2) is 4.98 Å². The first-order valence-electron chi connectivity index (χ1n) is 10.8. The summed E-state index contributed by atoms with van der Waals surface area (Å²) < 4.78 is 7.51. The summed E-state index contributed by atoms with van der Waals surface area (Å²) in [5, 5.41) is 11.1. The van der Waals surface area contributed by atoms with Crippen LogP contribution in [0.3, 0.4) is 0 Å². The summed E-state index contributed by atoms with van der Waals surface area (Å²) in [5.41, 5.74) is 11.2. The minimum atomic E-state index is 0.491. The molecule has 6 heteroatoms. The van der Waals surface area contributed by atoms with Crippen LogP contribution in [0.4, 0.5) is 5.82 Å². The van der Waals surface area contributed by atoms with Crippen molar-refractivity contribution in [1.29, 1.82) is 0 Å². The van der Waals surface area contributed by atoms with E-state index in [1.807, 2.05) is 47.1 Å². The predicted octanol–water partition coefficient (Wildman–Crippen LogP) is 5.41. The summed E-state index contributed by atoms with van der Waals surface area (Å²) >= 11 is 0. The van der Waals surface area contributed by atoms with Crippen LogP contribution < -0.4 is 5.73 Å². The summed E-state index contributed by atoms with van der Waals surface area (Å²) in [6.07, 6.45) is 5.87. The zero-order valence-electron chi connectivity index (χ0n) is 17.6. The second-order valence-corrected chi connectivity index (χ2v) is 7.86. The van der Waals surface area contributed by atoms with Crippen molar-refractivity contribution in [3.05, 3.63) is 72.1 Å². The van der Waals surface area contributed by atoms with Crippen LogP contribution in [0.2, 0.25) is 0 Å². The Hall–Kier alpha value is -3.67. The molecule has 0 bridgehead atoms. The molecule has 0 aliphatic rings. The van der Waals surface area contributed by atoms with Crippen molar-refractivity contribution >= 4 is 27.6 Å². The Bertz CT molecular complexity index is 1340. The number of aryl methyl sites for hydroxylation is 3. The molecule has 2 aromatic carbocycles. The van der Waals surface area contributed by atoms with Crippen LogP contribution in [-0.2, 0) is 19.4 Å². The Morgan fingerprint density at radius 3 is 2.74 bits per heavy atom. The summed E-state index contributed by atoms with van der Waals surface area (Å²) in [4.78, 5) is 4.62. The number of nitrogen functional groups attached to an aromatic ring is 1. The molecule has 3 aromatic heterocycles. The zero-order valence-corrected chi connectivity index (χ0v) is 17.6. The largest absolute Gasteiger partial charge is 0.382 e. The number of anilines is 1. The lowest BCUT2D eigenvalue weighted by molar-refractivity contribution is 0.422. The lowest BCUT2D eigenvalue weighted by Crippen LogP contribution is -1.98. The first-order chi connectivity index (χ1) is 15.2. The highest BCUT2D eigenvalue weighted by atomic mass is 16.5. The minimum Gasteiger partial charge on any atom is -0.382 e. The van der Waals surface area contributed by atoms with Gasteiger partial charge in [0, 0.05) is 35.1 Å². The smallest absolute Gasteiger partial charge is 0.167 e. The van der Waals surface area contributed by atoms with E-state index in [-0.39, 0.29) is 0 Å². The summed E-state index contributed by atoms with van der Waals surface area (Å²) in [6.45, 7) is 3.01. The molecule has 0 saturated carbocycles. The van der Waals surface area contributed by atoms with Gasteiger partial charge in [0.25, 0.3) is 0 Å². The highest BCUT2D eigenvalue weighted by Crippen LogP contribution is 2.30. The fraction of sp³-hybridized carbons (Fsp3) is 0.240. The molecular formula is C25H25N5O. The van der Waals surface area contributed by atoms with Crippen molar-refractivity contribution in [2.24, 2.45) is 0 Å². The standard InChI is InChI=1S/C25H25N5O/c1-2-14-30-16-20-23-18(11-7-13-21(23)27-25(26)24(20)28-30)10-6-12-19-15-22(31-29-19)17-8-4-3-5-9-17/h3-5,7-9,11,13,15-16H,2,6,10,12,14H2,1H3,(H2,26,27). The van der Waals surface area contributed by atoms with Gasteiger partial charge in [-0.3, -0.25) is 4.68 Å². The molecule has 3 heterocycles. The van der Waals surface area contributed by atoms with Crippen LogP contribution >= 0.6 is 0 Å². The first-order valence-corrected chi connectivity index (χ1v) is 10.8. The fourth-order valence-corrected chi connectivity index (χ4v) is 4.15. The number of pyridine rings is 1. The van der Waals surface area contributed by atoms with Crippen LogP contribution in [-0.4, -0.2) is 19.9 Å². The predicted molar refractivity (Wildman–Crippen MR) is 124 cm³/mol. The van der Waals surface area contributed by atoms with Crippen molar-refractivity contribution in [2.45, 2.75) is 39.2 Å². The van der Waals surface area contributed by atoms with Gasteiger partial charge in [-0.05, 0) is 37.3 Å². The molecule has 31 heavy (non-hydrogen) atoms. The molecule has 0 saturated heterocycles. The maximum absolute atomic E-state index is 6.20. The molecule has 156 valence electrons. The molecule has 5 aromatic rings. The van der Waals surface area contributed by atoms with Crippen LogP contribution in [0.15, 0.2) is 65.3 Å². The van der Waals surface area contributed by atoms with E-state index in [1.165, 1.54) is 5.56 Å². The van der Waals surface area contributed by atoms with E-state index in [4.69, 9.17) is 10.3 Å². The number of rotatable bonds is 7. The van der Waals surface area contributed by atoms with Gasteiger partial charge in [-0.15, -0.1) is 0 Å². The minimum absolute atomic E-state index is 0.491. The van der Waals surface area contributed by atoms with Crippen molar-refractivity contribution in [1.82, 2.24) is 19.9 Å². The number of fused-ring (bicyclic) bond motifs is 3. The molecule has 0 amide bonds. The van der Waals surface area contributed by atoms with Gasteiger partial charge in [0.1, 0.15) is 5.52 Å². The number of nitrogens with two attached hydrogens (primary N) is 1. The summed E-state index contributed by atoms with van der Waals surface area (Å²) in [5.74, 6) is 1.30. The van der Waals surface area contributed by atoms with Crippen LogP contribution in [0, 0.1) is 0 Å². The number of benzene rings is 2. The SMILES string of the molecule is CCCn1cc2c(n1)c(N)nc1cccc(CCCc3cc(-c4ccccc4)on3)c12. The highest BCUT2D eigenvalue weighted by Gasteiger charge is 2.14. The third-order valence-corrected chi connectivity index (χ3v) is 5.59. The molecule has 0 atom stereocenters. The zero-order chi connectivity index (χ0) is 21.2. The molecule has 0 spiro atoms. The number of hydrogen-bond donors (Lipinski definition) is 1. The van der Waals surface area contributed by atoms with Crippen molar-refractivity contribution in [3.8, 4) is 11.3 Å². The normalized spacial score (nSPS) is 11.5. The van der Waals surface area contributed by atoms with E-state index in [0.717, 1.165) is 71.1 Å². The van der Waals surface area contributed by atoms with Gasteiger partial charge in [0.05, 0.1) is 11.2 Å². The second kappa shape index (κ2) is 8.22. The molecule has 0 aliphatic carbocycles. The Labute approximate surface area is 180 Å². The lowest BCUT2D eigenvalue weighted by atomic mass is 9.99. The molecule has 0 aliphatic heterocycles. The van der Waals surface area contributed by atoms with E-state index in [9.17, 15) is 0 Å². The second-order valence-electron chi connectivity index (χ2n) is 7.86. The van der Waals surface area contributed by atoms with Crippen LogP contribution in [0.25, 0.3) is 33.1 Å². The van der Waals surface area contributed by atoms with Crippen molar-refractivity contribution in [3.63, 3.8) is 0 Å². The number of aromatic nitrogens is 4. The molecule has 5 rings (SSSR count). The van der Waals surface area contributed by atoms with Gasteiger partial charge in [-0.1, -0.05) is 54.5 Å². The van der Waals surface area contributed by atoms with Gasteiger partial charge in [0.15, 0.2) is 11.6 Å². The summed E-state index contributed by atoms with van der Waals surface area (Å²) in [7, 11) is 0. The maximum atomic E-state index is 6.20. The van der Waals surface area contributed by atoms with Crippen molar-refractivity contribution < 1.29 is 4.52 Å². The third kappa shape index (κ3) is 3.77. The lowest BCUT2D eigenvalue weighted by Gasteiger charge is -2.08. The average molecular weight is 412 g/mol. The maximum Gasteiger partial charge on any atom is 0.167 e. The number of nitrogens with zero attached hydrogens (tertiary/aromatic N) is 4. The Morgan fingerprint density at radius 1 is 1.03 bits per heavy atom. The number of hydrogen-bond acceptors (Lipinski definition) is 5. The highest BCUT2D eigenvalue weighted by molar-refractivity contribution is 6.09. The topological polar surface area (TPSA) is 82.8 Å². The van der Waals surface area contributed by atoms with Gasteiger partial charge in [0.2, 0.25) is 0 Å². The molecule has 0 radical (unpaired) electrons. The average Bonchev–Trinajstić information content (AvgIpc) is 3.42. The van der Waals surface area contributed by atoms with E-state index in [1.54, 1.807) is 0 Å². The Kier molecular flexibility index (Phi) is 5.12. The quantitative estimate of drug-likeness (QED) is 0.387. The van der Waals surface area contributed by atoms with Gasteiger partial charge < -0.3 is 10.3 Å². The fourth-order valence-electron chi connectivity index (χ4n) is 4.15. The van der Waals surface area contributed by atoms with Gasteiger partial charge in [-0.2, -0.15) is 5.10 Å². The molecule has 0 fully saturated rings. The monoisotopic (exact) mass is 411 g/mol. The first kappa shape index (κ1) is 19.3. The van der Waals surface area contributed by atoms with E-state index < -0.39 is 0 Å². The molecule has 0 unspecified atom stereocenters. The van der Waals surface area contributed by atoms with Crippen LogP contribution in [0.5, 0.6) is 0 Å². The summed E-state index contributed by atoms with van der Waals surface area (Å²) in [6, 6.07) is 18.3. The Morgan fingerprint density at radius 2 is 1.90 bits per heavy atom. The molecule has 6 nitrogen and oxygen atoms in total. The van der Waals surface area contributed by atoms with E-state index in [0.29, 0.717) is 5.82 Å². The van der Waals surface area contributed by atoms with Crippen LogP contribution in [0.1, 0.15) is 31.0 Å². The molecule has 2 N–H and O–H groups in total. The van der Waals surface area contributed by atoms with E-state index in [2.05, 4.69) is 40.5 Å². The van der Waals surface area contributed by atoms with E-state index >= 15 is 0 Å². The Balaban J connectivity index is 1.39. The van der Waals surface area contributed by atoms with Gasteiger partial charge >= 0.3 is 0 Å². The molecular weight excluding hydrogens is 386 g/mol. The third-order valence-electron chi connectivity index (χ3n) is 5.59.